The Morgan fingerprint density at radius 3 is 2.47 bits per heavy atom. The average molecular weight is 405 g/mol. The fourth-order valence-electron chi connectivity index (χ4n) is 3.48. The van der Waals surface area contributed by atoms with Gasteiger partial charge in [0.15, 0.2) is 0 Å². The van der Waals surface area contributed by atoms with E-state index in [9.17, 15) is 4.79 Å². The van der Waals surface area contributed by atoms with Crippen molar-refractivity contribution < 1.29 is 14.0 Å². The van der Waals surface area contributed by atoms with Crippen LogP contribution in [0.15, 0.2) is 51.9 Å². The Balaban J connectivity index is 1.86. The number of benzene rings is 2. The summed E-state index contributed by atoms with van der Waals surface area (Å²) in [4.78, 5) is 17.7. The fraction of sp³-hybridized carbons (Fsp3) is 0.261. The molecule has 0 amide bonds. The predicted molar refractivity (Wildman–Crippen MR) is 115 cm³/mol. The first-order valence-electron chi connectivity index (χ1n) is 9.75. The van der Waals surface area contributed by atoms with E-state index < -0.39 is 0 Å². The van der Waals surface area contributed by atoms with Gasteiger partial charge >= 0.3 is 0 Å². The number of hydrogen-bond donors (Lipinski definition) is 0. The Morgan fingerprint density at radius 2 is 1.80 bits per heavy atom. The lowest BCUT2D eigenvalue weighted by atomic mass is 10.1. The van der Waals surface area contributed by atoms with Gasteiger partial charge in [0.1, 0.15) is 17.1 Å². The minimum absolute atomic E-state index is 0.125. The maximum absolute atomic E-state index is 13.2. The first kappa shape index (κ1) is 19.7. The van der Waals surface area contributed by atoms with Crippen LogP contribution < -0.4 is 14.9 Å². The summed E-state index contributed by atoms with van der Waals surface area (Å²) in [6.07, 6.45) is 2.73. The van der Waals surface area contributed by atoms with E-state index in [2.05, 4.69) is 21.6 Å². The number of fused-ring (bicyclic) bond motifs is 1. The molecule has 154 valence electrons. The highest BCUT2D eigenvalue weighted by Crippen LogP contribution is 2.29. The largest absolute Gasteiger partial charge is 0.497 e. The van der Waals surface area contributed by atoms with Crippen molar-refractivity contribution in [1.29, 1.82) is 0 Å². The topological polar surface area (TPSA) is 79.4 Å². The van der Waals surface area contributed by atoms with E-state index >= 15 is 0 Å². The van der Waals surface area contributed by atoms with Crippen LogP contribution in [0.3, 0.4) is 0 Å². The average Bonchev–Trinajstić information content (AvgIpc) is 3.25. The van der Waals surface area contributed by atoms with Gasteiger partial charge in [-0.2, -0.15) is 4.98 Å². The molecule has 2 heterocycles. The number of ether oxygens (including phenoxy) is 2. The molecule has 2 aromatic carbocycles. The summed E-state index contributed by atoms with van der Waals surface area (Å²) in [5, 5.41) is 4.73. The molecule has 0 aliphatic carbocycles. The number of aromatic nitrogens is 3. The molecule has 0 unspecified atom stereocenters. The SMILES string of the molecule is CCCn1cc(-c2nc(-c3cc(OC)cc(OC)c3)no2)c(=O)c2cc(C)ccc21. The summed E-state index contributed by atoms with van der Waals surface area (Å²) in [5.74, 6) is 1.77. The van der Waals surface area contributed by atoms with Crippen molar-refractivity contribution in [3.63, 3.8) is 0 Å². The van der Waals surface area contributed by atoms with Crippen LogP contribution in [0.25, 0.3) is 33.7 Å². The van der Waals surface area contributed by atoms with E-state index in [4.69, 9.17) is 14.0 Å². The van der Waals surface area contributed by atoms with Crippen LogP contribution in [-0.2, 0) is 6.54 Å². The van der Waals surface area contributed by atoms with Gasteiger partial charge in [0.25, 0.3) is 5.89 Å². The van der Waals surface area contributed by atoms with Crippen LogP contribution in [0, 0.1) is 6.92 Å². The summed E-state index contributed by atoms with van der Waals surface area (Å²) in [6, 6.07) is 11.2. The van der Waals surface area contributed by atoms with Crippen molar-refractivity contribution >= 4 is 10.9 Å². The van der Waals surface area contributed by atoms with Crippen molar-refractivity contribution in [2.45, 2.75) is 26.8 Å². The molecule has 0 radical (unpaired) electrons. The lowest BCUT2D eigenvalue weighted by Crippen LogP contribution is -2.12. The van der Waals surface area contributed by atoms with Crippen LogP contribution in [-0.4, -0.2) is 28.9 Å². The highest BCUT2D eigenvalue weighted by molar-refractivity contribution is 5.83. The Kier molecular flexibility index (Phi) is 5.27. The number of nitrogens with zero attached hydrogens (tertiary/aromatic N) is 3. The number of hydrogen-bond acceptors (Lipinski definition) is 6. The number of aryl methyl sites for hydroxylation is 2. The maximum Gasteiger partial charge on any atom is 0.263 e. The first-order chi connectivity index (χ1) is 14.5. The van der Waals surface area contributed by atoms with E-state index in [-0.39, 0.29) is 11.3 Å². The zero-order valence-electron chi connectivity index (χ0n) is 17.4. The molecule has 0 atom stereocenters. The van der Waals surface area contributed by atoms with E-state index in [1.54, 1.807) is 38.6 Å². The molecule has 0 aliphatic rings. The molecule has 0 N–H and O–H groups in total. The summed E-state index contributed by atoms with van der Waals surface area (Å²) in [7, 11) is 3.15. The second kappa shape index (κ2) is 8.02. The third-order valence-corrected chi connectivity index (χ3v) is 4.97. The van der Waals surface area contributed by atoms with E-state index in [1.165, 1.54) is 0 Å². The molecule has 4 rings (SSSR count). The molecule has 0 saturated heterocycles. The zero-order chi connectivity index (χ0) is 21.3. The second-order valence-corrected chi connectivity index (χ2v) is 7.11. The molecule has 0 fully saturated rings. The maximum atomic E-state index is 13.2. The van der Waals surface area contributed by atoms with E-state index in [0.29, 0.717) is 33.8 Å². The Bertz CT molecular complexity index is 1250. The smallest absolute Gasteiger partial charge is 0.263 e. The van der Waals surface area contributed by atoms with Gasteiger partial charge in [-0.3, -0.25) is 4.79 Å². The van der Waals surface area contributed by atoms with Gasteiger partial charge in [0.05, 0.1) is 19.7 Å². The number of rotatable bonds is 6. The van der Waals surface area contributed by atoms with Gasteiger partial charge in [-0.25, -0.2) is 0 Å². The molecule has 0 bridgehead atoms. The summed E-state index contributed by atoms with van der Waals surface area (Å²) < 4.78 is 18.2. The van der Waals surface area contributed by atoms with Crippen LogP contribution in [0.2, 0.25) is 0 Å². The Morgan fingerprint density at radius 1 is 1.07 bits per heavy atom. The van der Waals surface area contributed by atoms with Gasteiger partial charge < -0.3 is 18.6 Å². The van der Waals surface area contributed by atoms with Gasteiger partial charge in [0.2, 0.25) is 11.3 Å². The number of pyridine rings is 1. The highest BCUT2D eigenvalue weighted by atomic mass is 16.5. The lowest BCUT2D eigenvalue weighted by Gasteiger charge is -2.11. The predicted octanol–water partition coefficient (Wildman–Crippen LogP) is 4.45. The fourth-order valence-corrected chi connectivity index (χ4v) is 3.48. The Hall–Kier alpha value is -3.61. The molecular weight excluding hydrogens is 382 g/mol. The van der Waals surface area contributed by atoms with Gasteiger partial charge in [0, 0.05) is 29.8 Å². The minimum atomic E-state index is -0.125. The molecule has 0 saturated carbocycles. The van der Waals surface area contributed by atoms with E-state index in [1.807, 2.05) is 25.1 Å². The molecule has 7 heteroatoms. The lowest BCUT2D eigenvalue weighted by molar-refractivity contribution is 0.394. The molecular formula is C23H23N3O4. The molecule has 0 spiro atoms. The summed E-state index contributed by atoms with van der Waals surface area (Å²) in [6.45, 7) is 4.84. The standard InChI is InChI=1S/C23H23N3O4/c1-5-8-26-13-19(21(27)18-9-14(2)6-7-20(18)26)23-24-22(25-30-23)15-10-16(28-3)12-17(11-15)29-4/h6-7,9-13H,5,8H2,1-4H3. The monoisotopic (exact) mass is 405 g/mol. The van der Waals surface area contributed by atoms with E-state index in [0.717, 1.165) is 24.0 Å². The van der Waals surface area contributed by atoms with Crippen molar-refractivity contribution in [3.8, 4) is 34.3 Å². The molecule has 4 aromatic rings. The van der Waals surface area contributed by atoms with Crippen molar-refractivity contribution in [1.82, 2.24) is 14.7 Å². The van der Waals surface area contributed by atoms with Gasteiger partial charge in [-0.15, -0.1) is 0 Å². The number of methoxy groups -OCH3 is 2. The van der Waals surface area contributed by atoms with Crippen LogP contribution in [0.4, 0.5) is 0 Å². The van der Waals surface area contributed by atoms with Gasteiger partial charge in [-0.1, -0.05) is 23.7 Å². The van der Waals surface area contributed by atoms with Crippen LogP contribution >= 0.6 is 0 Å². The summed E-state index contributed by atoms with van der Waals surface area (Å²) >= 11 is 0. The summed E-state index contributed by atoms with van der Waals surface area (Å²) in [5.41, 5.74) is 2.85. The third kappa shape index (κ3) is 3.54. The highest BCUT2D eigenvalue weighted by Gasteiger charge is 2.18. The molecule has 30 heavy (non-hydrogen) atoms. The quantitative estimate of drug-likeness (QED) is 0.471. The zero-order valence-corrected chi connectivity index (χ0v) is 17.4. The molecule has 2 aromatic heterocycles. The molecule has 7 nitrogen and oxygen atoms in total. The van der Waals surface area contributed by atoms with Crippen molar-refractivity contribution in [3.05, 3.63) is 58.4 Å². The molecule has 0 aliphatic heterocycles. The van der Waals surface area contributed by atoms with Crippen LogP contribution in [0.1, 0.15) is 18.9 Å². The third-order valence-electron chi connectivity index (χ3n) is 4.97. The second-order valence-electron chi connectivity index (χ2n) is 7.11. The van der Waals surface area contributed by atoms with Crippen LogP contribution in [0.5, 0.6) is 11.5 Å². The van der Waals surface area contributed by atoms with Crippen molar-refractivity contribution in [2.24, 2.45) is 0 Å². The van der Waals surface area contributed by atoms with Crippen molar-refractivity contribution in [2.75, 3.05) is 14.2 Å². The minimum Gasteiger partial charge on any atom is -0.497 e. The Labute approximate surface area is 173 Å². The first-order valence-corrected chi connectivity index (χ1v) is 9.75. The normalized spacial score (nSPS) is 11.1. The van der Waals surface area contributed by atoms with Gasteiger partial charge in [-0.05, 0) is 37.6 Å².